The highest BCUT2D eigenvalue weighted by atomic mass is 32.2. The first-order valence-corrected chi connectivity index (χ1v) is 8.57. The van der Waals surface area contributed by atoms with E-state index in [0.717, 1.165) is 0 Å². The first-order valence-electron chi connectivity index (χ1n) is 6.92. The maximum Gasteiger partial charge on any atom is 0.241 e. The van der Waals surface area contributed by atoms with E-state index >= 15 is 0 Å². The van der Waals surface area contributed by atoms with Crippen molar-refractivity contribution in [2.75, 3.05) is 15.8 Å². The summed E-state index contributed by atoms with van der Waals surface area (Å²) in [6.07, 6.45) is 0.552. The van der Waals surface area contributed by atoms with Gasteiger partial charge in [0.25, 0.3) is 0 Å². The molecule has 0 aliphatic rings. The van der Waals surface area contributed by atoms with Crippen LogP contribution < -0.4 is 15.8 Å². The van der Waals surface area contributed by atoms with E-state index in [1.165, 1.54) is 0 Å². The molecule has 7 heteroatoms. The van der Waals surface area contributed by atoms with Crippen molar-refractivity contribution in [1.82, 2.24) is 0 Å². The van der Waals surface area contributed by atoms with Crippen molar-refractivity contribution < 1.29 is 13.2 Å². The van der Waals surface area contributed by atoms with E-state index in [9.17, 15) is 13.2 Å². The molecule has 0 spiro atoms. The molecule has 0 radical (unpaired) electrons. The second kappa shape index (κ2) is 7.42. The molecule has 6 nitrogen and oxygen atoms in total. The van der Waals surface area contributed by atoms with Crippen LogP contribution in [0.4, 0.5) is 11.4 Å². The third kappa shape index (κ3) is 5.73. The number of benzene rings is 1. The smallest absolute Gasteiger partial charge is 0.241 e. The molecule has 0 fully saturated rings. The SMILES string of the molecule is CCCS(=O)(=O)Nc1ccc(NC(=O)[C@@H](N)C(C)C)cc1. The van der Waals surface area contributed by atoms with Gasteiger partial charge in [0.15, 0.2) is 0 Å². The van der Waals surface area contributed by atoms with Crippen LogP contribution in [0.1, 0.15) is 27.2 Å². The van der Waals surface area contributed by atoms with Crippen LogP contribution in [0.15, 0.2) is 24.3 Å². The zero-order valence-electron chi connectivity index (χ0n) is 12.6. The van der Waals surface area contributed by atoms with Crippen molar-refractivity contribution in [3.63, 3.8) is 0 Å². The molecular formula is C14H23N3O3S. The summed E-state index contributed by atoms with van der Waals surface area (Å²) in [5.74, 6) is -0.135. The van der Waals surface area contributed by atoms with Gasteiger partial charge in [0.2, 0.25) is 15.9 Å². The molecule has 0 saturated heterocycles. The number of carbonyl (C=O) groups excluding carboxylic acids is 1. The lowest BCUT2D eigenvalue weighted by Crippen LogP contribution is -2.39. The molecule has 118 valence electrons. The fourth-order valence-corrected chi connectivity index (χ4v) is 2.78. The summed E-state index contributed by atoms with van der Waals surface area (Å²) in [6, 6.07) is 5.89. The quantitative estimate of drug-likeness (QED) is 0.714. The van der Waals surface area contributed by atoms with Crippen molar-refractivity contribution in [3.05, 3.63) is 24.3 Å². The number of carbonyl (C=O) groups is 1. The summed E-state index contributed by atoms with van der Waals surface area (Å²) in [4.78, 5) is 11.8. The number of sulfonamides is 1. The average molecular weight is 313 g/mol. The van der Waals surface area contributed by atoms with Crippen LogP contribution >= 0.6 is 0 Å². The van der Waals surface area contributed by atoms with Crippen LogP contribution in [-0.2, 0) is 14.8 Å². The van der Waals surface area contributed by atoms with Gasteiger partial charge in [-0.1, -0.05) is 20.8 Å². The van der Waals surface area contributed by atoms with Gasteiger partial charge in [0.1, 0.15) is 0 Å². The Kier molecular flexibility index (Phi) is 6.17. The highest BCUT2D eigenvalue weighted by Gasteiger charge is 2.17. The van der Waals surface area contributed by atoms with Crippen LogP contribution in [0.5, 0.6) is 0 Å². The normalized spacial score (nSPS) is 13.0. The fraction of sp³-hybridized carbons (Fsp3) is 0.500. The Morgan fingerprint density at radius 1 is 1.19 bits per heavy atom. The third-order valence-corrected chi connectivity index (χ3v) is 4.41. The number of hydrogen-bond donors (Lipinski definition) is 3. The highest BCUT2D eigenvalue weighted by molar-refractivity contribution is 7.92. The van der Waals surface area contributed by atoms with Crippen molar-refractivity contribution in [1.29, 1.82) is 0 Å². The summed E-state index contributed by atoms with van der Waals surface area (Å²) in [6.45, 7) is 5.54. The van der Waals surface area contributed by atoms with Crippen molar-refractivity contribution >= 4 is 27.3 Å². The molecule has 21 heavy (non-hydrogen) atoms. The lowest BCUT2D eigenvalue weighted by atomic mass is 10.0. The minimum atomic E-state index is -3.30. The molecule has 1 aromatic carbocycles. The van der Waals surface area contributed by atoms with E-state index in [2.05, 4.69) is 10.0 Å². The van der Waals surface area contributed by atoms with E-state index < -0.39 is 16.1 Å². The molecule has 4 N–H and O–H groups in total. The first-order chi connectivity index (χ1) is 9.75. The Morgan fingerprint density at radius 3 is 2.19 bits per heavy atom. The molecule has 0 heterocycles. The maximum atomic E-state index is 11.8. The Balaban J connectivity index is 2.69. The summed E-state index contributed by atoms with van der Waals surface area (Å²) >= 11 is 0. The van der Waals surface area contributed by atoms with Gasteiger partial charge in [-0.2, -0.15) is 0 Å². The molecule has 1 amide bonds. The molecule has 0 bridgehead atoms. The summed E-state index contributed by atoms with van der Waals surface area (Å²) < 4.78 is 25.7. The number of nitrogens with two attached hydrogens (primary N) is 1. The van der Waals surface area contributed by atoms with Crippen LogP contribution in [0, 0.1) is 5.92 Å². The minimum Gasteiger partial charge on any atom is -0.325 e. The van der Waals surface area contributed by atoms with E-state index in [1.54, 1.807) is 31.2 Å². The fourth-order valence-electron chi connectivity index (χ4n) is 1.65. The lowest BCUT2D eigenvalue weighted by molar-refractivity contribution is -0.118. The van der Waals surface area contributed by atoms with Crippen molar-refractivity contribution in [3.8, 4) is 0 Å². The largest absolute Gasteiger partial charge is 0.325 e. The molecule has 1 rings (SSSR count). The molecule has 1 atom stereocenters. The first kappa shape index (κ1) is 17.5. The van der Waals surface area contributed by atoms with Crippen LogP contribution in [0.25, 0.3) is 0 Å². The van der Waals surface area contributed by atoms with Gasteiger partial charge in [-0.05, 0) is 36.6 Å². The molecule has 1 aromatic rings. The molecule has 0 aliphatic heterocycles. The zero-order chi connectivity index (χ0) is 16.0. The molecular weight excluding hydrogens is 290 g/mol. The van der Waals surface area contributed by atoms with Gasteiger partial charge in [0.05, 0.1) is 11.8 Å². The number of anilines is 2. The highest BCUT2D eigenvalue weighted by Crippen LogP contribution is 2.15. The van der Waals surface area contributed by atoms with E-state index in [1.807, 2.05) is 13.8 Å². The topological polar surface area (TPSA) is 101 Å². The molecule has 0 aromatic heterocycles. The number of rotatable bonds is 7. The third-order valence-electron chi connectivity index (χ3n) is 2.92. The second-order valence-corrected chi connectivity index (χ2v) is 7.10. The van der Waals surface area contributed by atoms with Gasteiger partial charge in [0, 0.05) is 11.4 Å². The van der Waals surface area contributed by atoms with Gasteiger partial charge < -0.3 is 11.1 Å². The predicted molar refractivity (Wildman–Crippen MR) is 85.6 cm³/mol. The van der Waals surface area contributed by atoms with E-state index in [4.69, 9.17) is 5.73 Å². The summed E-state index contributed by atoms with van der Waals surface area (Å²) in [5.41, 5.74) is 6.80. The van der Waals surface area contributed by atoms with Gasteiger partial charge in [-0.25, -0.2) is 8.42 Å². The minimum absolute atomic E-state index is 0.0464. The Labute approximate surface area is 126 Å². The average Bonchev–Trinajstić information content (AvgIpc) is 2.39. The molecule has 0 aliphatic carbocycles. The number of nitrogens with one attached hydrogen (secondary N) is 2. The Hall–Kier alpha value is -1.60. The second-order valence-electron chi connectivity index (χ2n) is 5.26. The molecule has 0 unspecified atom stereocenters. The van der Waals surface area contributed by atoms with E-state index in [-0.39, 0.29) is 17.6 Å². The molecule has 0 saturated carbocycles. The van der Waals surface area contributed by atoms with Gasteiger partial charge in [-0.15, -0.1) is 0 Å². The van der Waals surface area contributed by atoms with Crippen LogP contribution in [0.3, 0.4) is 0 Å². The lowest BCUT2D eigenvalue weighted by Gasteiger charge is -2.15. The van der Waals surface area contributed by atoms with Crippen LogP contribution in [0.2, 0.25) is 0 Å². The number of amides is 1. The van der Waals surface area contributed by atoms with Gasteiger partial charge >= 0.3 is 0 Å². The Morgan fingerprint density at radius 2 is 1.71 bits per heavy atom. The Bertz CT molecular complexity index is 568. The van der Waals surface area contributed by atoms with Crippen molar-refractivity contribution in [2.24, 2.45) is 11.7 Å². The standard InChI is InChI=1S/C14H23N3O3S/c1-4-9-21(19,20)17-12-7-5-11(6-8-12)16-14(18)13(15)10(2)3/h5-8,10,13,17H,4,9,15H2,1-3H3,(H,16,18)/t13-/m0/s1. The summed E-state index contributed by atoms with van der Waals surface area (Å²) in [5, 5.41) is 2.70. The summed E-state index contributed by atoms with van der Waals surface area (Å²) in [7, 11) is -3.30. The van der Waals surface area contributed by atoms with Crippen LogP contribution in [-0.4, -0.2) is 26.1 Å². The van der Waals surface area contributed by atoms with Gasteiger partial charge in [-0.3, -0.25) is 9.52 Å². The maximum absolute atomic E-state index is 11.8. The van der Waals surface area contributed by atoms with E-state index in [0.29, 0.717) is 17.8 Å². The monoisotopic (exact) mass is 313 g/mol. The van der Waals surface area contributed by atoms with Crippen molar-refractivity contribution in [2.45, 2.75) is 33.2 Å². The predicted octanol–water partition coefficient (Wildman–Crippen LogP) is 1.76. The number of hydrogen-bond acceptors (Lipinski definition) is 4. The zero-order valence-corrected chi connectivity index (χ0v) is 13.4.